The molecule has 0 spiro atoms. The van der Waals surface area contributed by atoms with Gasteiger partial charge >= 0.3 is 0 Å². The van der Waals surface area contributed by atoms with Gasteiger partial charge in [-0.15, -0.1) is 0 Å². The molecule has 4 aromatic rings. The van der Waals surface area contributed by atoms with Gasteiger partial charge in [-0.3, -0.25) is 0 Å². The van der Waals surface area contributed by atoms with Crippen molar-refractivity contribution in [2.24, 2.45) is 0 Å². The van der Waals surface area contributed by atoms with E-state index in [1.807, 2.05) is 0 Å². The van der Waals surface area contributed by atoms with Crippen LogP contribution in [0.2, 0.25) is 0 Å². The predicted molar refractivity (Wildman–Crippen MR) is 255 cm³/mol. The first kappa shape index (κ1) is 47.3. The molecule has 0 aromatic heterocycles. The van der Waals surface area contributed by atoms with Crippen molar-refractivity contribution in [3.8, 4) is 11.5 Å². The normalized spacial score (nSPS) is 12.2. The molecule has 0 aliphatic rings. The molecule has 0 bridgehead atoms. The highest BCUT2D eigenvalue weighted by molar-refractivity contribution is 5.59. The molecule has 0 radical (unpaired) electrons. The summed E-state index contributed by atoms with van der Waals surface area (Å²) >= 11 is 0. The summed E-state index contributed by atoms with van der Waals surface area (Å²) < 4.78 is 20.0. The first-order valence-corrected chi connectivity index (χ1v) is 22.8. The van der Waals surface area contributed by atoms with E-state index in [-0.39, 0.29) is 11.8 Å². The van der Waals surface area contributed by atoms with E-state index in [9.17, 15) is 0 Å². The average molecular weight is 807 g/mol. The van der Waals surface area contributed by atoms with Crippen LogP contribution < -0.4 is 29.1 Å². The van der Waals surface area contributed by atoms with Crippen LogP contribution in [0.1, 0.15) is 127 Å². The van der Waals surface area contributed by atoms with Crippen LogP contribution in [0.25, 0.3) is 0 Å². The first-order valence-electron chi connectivity index (χ1n) is 22.8. The largest absolute Gasteiger partial charge is 0.493 e. The third kappa shape index (κ3) is 13.8. The molecule has 4 rings (SSSR count). The molecule has 0 saturated heterocycles. The molecule has 59 heavy (non-hydrogen) atoms. The second-order valence-electron chi connectivity index (χ2n) is 16.3. The smallest absolute Gasteiger partial charge is 0.125 e. The minimum atomic E-state index is -0.0299. The van der Waals surface area contributed by atoms with E-state index < -0.39 is 0 Å². The van der Waals surface area contributed by atoms with Gasteiger partial charge < -0.3 is 33.8 Å². The van der Waals surface area contributed by atoms with Crippen LogP contribution in [-0.4, -0.2) is 80.8 Å². The number of ether oxygens (including phenoxy) is 3. The molecule has 0 fully saturated rings. The molecule has 0 amide bonds. The molecular formula is C52H78N4O3. The van der Waals surface area contributed by atoms with Gasteiger partial charge in [-0.2, -0.15) is 0 Å². The fourth-order valence-electron chi connectivity index (χ4n) is 7.76. The second-order valence-corrected chi connectivity index (χ2v) is 16.3. The van der Waals surface area contributed by atoms with Crippen LogP contribution >= 0.6 is 0 Å². The Hall–Kier alpha value is -4.36. The van der Waals surface area contributed by atoms with Crippen molar-refractivity contribution in [1.82, 2.24) is 0 Å². The van der Waals surface area contributed by atoms with Gasteiger partial charge in [0.25, 0.3) is 0 Å². The van der Waals surface area contributed by atoms with Crippen LogP contribution in [0.3, 0.4) is 0 Å². The number of hydrogen-bond donors (Lipinski definition) is 0. The second kappa shape index (κ2) is 25.3. The molecule has 324 valence electrons. The van der Waals surface area contributed by atoms with E-state index in [4.69, 9.17) is 14.2 Å². The summed E-state index contributed by atoms with van der Waals surface area (Å²) in [5.41, 5.74) is 9.55. The van der Waals surface area contributed by atoms with Crippen molar-refractivity contribution >= 4 is 22.7 Å². The summed E-state index contributed by atoms with van der Waals surface area (Å²) in [6, 6.07) is 31.6. The van der Waals surface area contributed by atoms with Crippen molar-refractivity contribution in [3.63, 3.8) is 0 Å². The number of hydrogen-bond acceptors (Lipinski definition) is 7. The topological polar surface area (TPSA) is 40.7 Å². The number of benzene rings is 4. The summed E-state index contributed by atoms with van der Waals surface area (Å²) in [4.78, 5) is 9.38. The summed E-state index contributed by atoms with van der Waals surface area (Å²) in [5.74, 6) is 1.82. The lowest BCUT2D eigenvalue weighted by Crippen LogP contribution is -2.26. The van der Waals surface area contributed by atoms with Gasteiger partial charge in [0.2, 0.25) is 0 Å². The fourth-order valence-corrected chi connectivity index (χ4v) is 7.76. The maximum Gasteiger partial charge on any atom is 0.125 e. The molecule has 0 heterocycles. The van der Waals surface area contributed by atoms with Crippen molar-refractivity contribution in [3.05, 3.63) is 107 Å². The Balaban J connectivity index is 1.77. The summed E-state index contributed by atoms with van der Waals surface area (Å²) in [5, 5.41) is 0. The third-order valence-electron chi connectivity index (χ3n) is 11.4. The Bertz CT molecular complexity index is 1610. The molecule has 0 aliphatic heterocycles. The summed E-state index contributed by atoms with van der Waals surface area (Å²) in [6.07, 6.45) is 9.40. The predicted octanol–water partition coefficient (Wildman–Crippen LogP) is 12.4. The molecule has 7 nitrogen and oxygen atoms in total. The Morgan fingerprint density at radius 2 is 0.746 bits per heavy atom. The van der Waals surface area contributed by atoms with Crippen LogP contribution in [0.5, 0.6) is 11.5 Å². The summed E-state index contributed by atoms with van der Waals surface area (Å²) in [7, 11) is 8.36. The fraction of sp³-hybridized carbons (Fsp3) is 0.538. The number of rotatable bonds is 28. The highest BCUT2D eigenvalue weighted by Gasteiger charge is 2.25. The molecule has 2 unspecified atom stereocenters. The number of nitrogens with zero attached hydrogens (tertiary/aromatic N) is 4. The van der Waals surface area contributed by atoms with E-state index in [0.717, 1.165) is 48.8 Å². The monoisotopic (exact) mass is 807 g/mol. The highest BCUT2D eigenvalue weighted by atomic mass is 16.5. The Morgan fingerprint density at radius 1 is 0.424 bits per heavy atom. The van der Waals surface area contributed by atoms with Gasteiger partial charge in [0.15, 0.2) is 0 Å². The standard InChI is InChI=1S/C52H78N4O3/c1-11-17-33-55(34-18-12-2)45-29-31-47(51(37-45)58-15-5)49(41-21-25-43(26-22-41)53(7)8)39-57-40-50(42-23-27-44(28-24-42)54(9)10)48-32-30-46(38-52(48)59-16-6)56(35-19-13-3)36-20-14-4/h21-32,37-38,49-50H,11-20,33-36,39-40H2,1-10H3. The third-order valence-corrected chi connectivity index (χ3v) is 11.4. The lowest BCUT2D eigenvalue weighted by molar-refractivity contribution is 0.119. The molecule has 0 saturated carbocycles. The van der Waals surface area contributed by atoms with Gasteiger partial charge in [0.1, 0.15) is 11.5 Å². The Morgan fingerprint density at radius 3 is 1.03 bits per heavy atom. The maximum absolute atomic E-state index is 7.01. The van der Waals surface area contributed by atoms with Crippen LogP contribution in [0.4, 0.5) is 22.7 Å². The zero-order valence-corrected chi connectivity index (χ0v) is 38.6. The van der Waals surface area contributed by atoms with E-state index in [1.165, 1.54) is 85.2 Å². The maximum atomic E-state index is 7.01. The number of unbranched alkanes of at least 4 members (excludes halogenated alkanes) is 4. The lowest BCUT2D eigenvalue weighted by Gasteiger charge is -2.29. The zero-order chi connectivity index (χ0) is 42.6. The van der Waals surface area contributed by atoms with Gasteiger partial charge in [-0.25, -0.2) is 0 Å². The Kier molecular flexibility index (Phi) is 20.3. The van der Waals surface area contributed by atoms with Gasteiger partial charge in [0.05, 0.1) is 26.4 Å². The van der Waals surface area contributed by atoms with Gasteiger partial charge in [0, 0.05) is 112 Å². The van der Waals surface area contributed by atoms with E-state index >= 15 is 0 Å². The average Bonchev–Trinajstić information content (AvgIpc) is 3.24. The van der Waals surface area contributed by atoms with Crippen LogP contribution in [0.15, 0.2) is 84.9 Å². The molecule has 7 heteroatoms. The molecule has 4 aromatic carbocycles. The van der Waals surface area contributed by atoms with Crippen LogP contribution in [-0.2, 0) is 4.74 Å². The zero-order valence-electron chi connectivity index (χ0n) is 38.6. The molecule has 0 aliphatic carbocycles. The van der Waals surface area contributed by atoms with E-state index in [0.29, 0.717) is 26.4 Å². The Labute approximate surface area is 359 Å². The van der Waals surface area contributed by atoms with Crippen LogP contribution in [0, 0.1) is 0 Å². The quantitative estimate of drug-likeness (QED) is 0.0566. The van der Waals surface area contributed by atoms with Crippen molar-refractivity contribution in [1.29, 1.82) is 0 Å². The minimum Gasteiger partial charge on any atom is -0.493 e. The number of anilines is 4. The molecule has 0 N–H and O–H groups in total. The van der Waals surface area contributed by atoms with Gasteiger partial charge in [-0.1, -0.05) is 89.8 Å². The minimum absolute atomic E-state index is 0.0299. The van der Waals surface area contributed by atoms with Crippen molar-refractivity contribution in [2.45, 2.75) is 105 Å². The highest BCUT2D eigenvalue weighted by Crippen LogP contribution is 2.39. The van der Waals surface area contributed by atoms with Crippen molar-refractivity contribution in [2.75, 3.05) is 100 Å². The van der Waals surface area contributed by atoms with E-state index in [2.05, 4.69) is 174 Å². The van der Waals surface area contributed by atoms with E-state index in [1.54, 1.807) is 0 Å². The first-order chi connectivity index (χ1) is 28.7. The SMILES string of the molecule is CCCCN(CCCC)c1ccc(C(COCC(c2ccc(N(C)C)cc2)c2ccc(N(CCCC)CCCC)cc2OCC)c2ccc(N(C)C)cc2)c(OCC)c1. The molecule has 2 atom stereocenters. The van der Waals surface area contributed by atoms with Crippen molar-refractivity contribution < 1.29 is 14.2 Å². The lowest BCUT2D eigenvalue weighted by atomic mass is 9.89. The molecular weight excluding hydrogens is 729 g/mol. The summed E-state index contributed by atoms with van der Waals surface area (Å²) in [6.45, 7) is 19.7. The van der Waals surface area contributed by atoms with Gasteiger partial charge in [-0.05, 0) is 87.1 Å².